The van der Waals surface area contributed by atoms with Crippen LogP contribution in [-0.4, -0.2) is 75.1 Å². The summed E-state index contributed by atoms with van der Waals surface area (Å²) in [6.07, 6.45) is 12.3. The fourth-order valence-electron chi connectivity index (χ4n) is 9.90. The molecule has 1 atom stereocenters. The number of pyridine rings is 3. The van der Waals surface area contributed by atoms with Crippen LogP contribution in [0.15, 0.2) is 69.9 Å². The van der Waals surface area contributed by atoms with Crippen LogP contribution in [-0.2, 0) is 21.0 Å². The molecule has 3 heterocycles. The Morgan fingerprint density at radius 2 is 1.11 bits per heavy atom. The number of nitriles is 2. The fourth-order valence-corrected chi connectivity index (χ4v) is 24.8. The molecule has 0 saturated heterocycles. The third-order valence-corrected chi connectivity index (χ3v) is 30.6. The second kappa shape index (κ2) is 29.1. The Morgan fingerprint density at radius 3 is 1.42 bits per heavy atom. The summed E-state index contributed by atoms with van der Waals surface area (Å²) in [5.74, 6) is -8.02. The number of aromatic nitrogens is 3. The molecule has 73 heavy (non-hydrogen) atoms. The van der Waals surface area contributed by atoms with Crippen molar-refractivity contribution in [2.75, 3.05) is 13.2 Å². The number of carbonyl (C=O) groups is 1. The van der Waals surface area contributed by atoms with Crippen LogP contribution in [0.5, 0.6) is 0 Å². The molecule has 0 aliphatic heterocycles. The first kappa shape index (κ1) is 63.7. The molecule has 0 bridgehead atoms. The summed E-state index contributed by atoms with van der Waals surface area (Å²) < 4.78 is 91.5. The maximum Gasteiger partial charge on any atom is 0.248 e. The number of nitrogens with two attached hydrogens (primary N) is 1. The molecule has 6 rings (SSSR count). The van der Waals surface area contributed by atoms with Crippen molar-refractivity contribution >= 4 is 40.1 Å². The van der Waals surface area contributed by atoms with Crippen LogP contribution in [0.25, 0.3) is 0 Å². The second-order valence-corrected chi connectivity index (χ2v) is 34.4. The van der Waals surface area contributed by atoms with Crippen LogP contribution in [0.4, 0.5) is 26.3 Å². The third-order valence-electron chi connectivity index (χ3n) is 15.1. The van der Waals surface area contributed by atoms with E-state index < -0.39 is 58.5 Å². The van der Waals surface area contributed by atoms with Gasteiger partial charge in [0.05, 0.1) is 34.8 Å². The molecule has 3 N–H and O–H groups in total. The van der Waals surface area contributed by atoms with Gasteiger partial charge < -0.3 is 10.8 Å². The van der Waals surface area contributed by atoms with Gasteiger partial charge in [0.25, 0.3) is 0 Å². The van der Waals surface area contributed by atoms with Crippen molar-refractivity contribution < 1.29 is 41.0 Å². The van der Waals surface area contributed by atoms with Crippen molar-refractivity contribution in [2.24, 2.45) is 5.73 Å². The number of carbonyl (C=O) groups excluding carboxylic acids is 1. The van der Waals surface area contributed by atoms with Gasteiger partial charge in [0.15, 0.2) is 5.78 Å². The van der Waals surface area contributed by atoms with Gasteiger partial charge in [-0.3, -0.25) is 14.8 Å². The van der Waals surface area contributed by atoms with Gasteiger partial charge in [-0.2, -0.15) is 10.5 Å². The first-order chi connectivity index (χ1) is 34.4. The molecule has 404 valence electrons. The third kappa shape index (κ3) is 18.6. The number of Topliss-reactive ketones (excluding diaryl/α,β-unsaturated/α-hetero) is 1. The predicted octanol–water partition coefficient (Wildman–Crippen LogP) is 15.5. The summed E-state index contributed by atoms with van der Waals surface area (Å²) in [4.78, 5) is 23.4. The largest absolute Gasteiger partial charge is 0.387 e. The quantitative estimate of drug-likeness (QED) is 0.0416. The van der Waals surface area contributed by atoms with E-state index in [4.69, 9.17) is 10.5 Å². The first-order valence-corrected chi connectivity index (χ1v) is 34.4. The van der Waals surface area contributed by atoms with Crippen molar-refractivity contribution in [3.8, 4) is 12.1 Å². The monoisotopic (exact) mass is 1200 g/mol. The van der Waals surface area contributed by atoms with Gasteiger partial charge in [0.2, 0.25) is 17.8 Å². The maximum atomic E-state index is 13.3. The Bertz CT molecular complexity index is 2200. The van der Waals surface area contributed by atoms with Gasteiger partial charge >= 0.3 is 120 Å². The minimum absolute atomic E-state index is 0.123. The summed E-state index contributed by atoms with van der Waals surface area (Å²) in [6.45, 7) is 17.6. The second-order valence-electron chi connectivity index (χ2n) is 20.4. The Balaban J connectivity index is 0.000000257. The van der Waals surface area contributed by atoms with Gasteiger partial charge in [0.1, 0.15) is 10.3 Å². The zero-order valence-corrected chi connectivity index (χ0v) is 48.4. The first-order valence-electron chi connectivity index (χ1n) is 26.1. The number of hydrogen-bond acceptors (Lipinski definition) is 9. The molecular weight excluding hydrogens is 1120 g/mol. The number of halogens is 7. The SMILES string of the molecule is C=[C](OCC)[Sn]([CH2]CCC)([CH2]CCC)[CH2]CCC.CC(=O)c1ccc(C2(C#N)CCC(F)(F)CC2)cn1.CC(O)c1ccc(C2(CN)CCC(F)(F)CC2)cn1.N#CC1(c2ccc(Br)nc2)CCC(F)(F)CC1. The van der Waals surface area contributed by atoms with E-state index in [2.05, 4.69) is 77.3 Å². The van der Waals surface area contributed by atoms with Gasteiger partial charge in [0, 0.05) is 76.0 Å². The predicted molar refractivity (Wildman–Crippen MR) is 282 cm³/mol. The Hall–Kier alpha value is -3.58. The number of aliphatic hydroxyl groups excluding tert-OH is 1. The molecule has 1 unspecified atom stereocenters. The zero-order chi connectivity index (χ0) is 54.6. The van der Waals surface area contributed by atoms with Gasteiger partial charge in [-0.25, -0.2) is 31.3 Å². The van der Waals surface area contributed by atoms with E-state index in [0.717, 1.165) is 17.7 Å². The van der Waals surface area contributed by atoms with E-state index in [0.29, 0.717) is 40.9 Å². The molecule has 3 aromatic rings. The Labute approximate surface area is 443 Å². The van der Waals surface area contributed by atoms with E-state index in [1.165, 1.54) is 68.7 Å². The van der Waals surface area contributed by atoms with Crippen molar-refractivity contribution in [3.63, 3.8) is 0 Å². The zero-order valence-electron chi connectivity index (χ0n) is 44.0. The van der Waals surface area contributed by atoms with Crippen LogP contribution in [0, 0.1) is 22.7 Å². The number of unbranched alkanes of at least 4 members (excludes halogenated alkanes) is 3. The number of alkyl halides is 6. The van der Waals surface area contributed by atoms with E-state index >= 15 is 0 Å². The molecule has 9 nitrogen and oxygen atoms in total. The average molecular weight is 1200 g/mol. The molecule has 3 aliphatic carbocycles. The smallest absolute Gasteiger partial charge is 0.248 e. The minimum atomic E-state index is -2.67. The molecule has 0 amide bonds. The minimum Gasteiger partial charge on any atom is -0.387 e. The average Bonchev–Trinajstić information content (AvgIpc) is 3.38. The number of rotatable bonds is 18. The Morgan fingerprint density at radius 1 is 0.699 bits per heavy atom. The van der Waals surface area contributed by atoms with Crippen molar-refractivity contribution in [3.05, 3.63) is 98.0 Å². The maximum absolute atomic E-state index is 13.3. The molecule has 17 heteroatoms. The number of ether oxygens (including phenoxy) is 1. The topological polar surface area (TPSA) is 159 Å². The summed E-state index contributed by atoms with van der Waals surface area (Å²) in [7, 11) is 0. The van der Waals surface area contributed by atoms with E-state index in [9.17, 15) is 46.8 Å². The molecular formula is C56H79BrF6N6O3Sn. The molecule has 3 aliphatic rings. The van der Waals surface area contributed by atoms with Crippen LogP contribution in [0.1, 0.15) is 196 Å². The molecule has 3 fully saturated rings. The number of nitrogens with zero attached hydrogens (tertiary/aromatic N) is 5. The summed E-state index contributed by atoms with van der Waals surface area (Å²) >= 11 is 0.970. The van der Waals surface area contributed by atoms with Crippen LogP contribution in [0.2, 0.25) is 13.3 Å². The molecule has 3 aromatic heterocycles. The number of ketones is 1. The van der Waals surface area contributed by atoms with Crippen LogP contribution in [0.3, 0.4) is 0 Å². The molecule has 0 radical (unpaired) electrons. The molecule has 3 saturated carbocycles. The van der Waals surface area contributed by atoms with Crippen LogP contribution < -0.4 is 5.73 Å². The van der Waals surface area contributed by atoms with Gasteiger partial charge in [-0.15, -0.1) is 0 Å². The summed E-state index contributed by atoms with van der Waals surface area (Å²) in [6, 6.07) is 14.7. The number of hydrogen-bond donors (Lipinski definition) is 2. The van der Waals surface area contributed by atoms with Gasteiger partial charge in [-0.1, -0.05) is 18.2 Å². The van der Waals surface area contributed by atoms with Gasteiger partial charge in [-0.05, 0) is 96.3 Å². The normalized spacial score (nSPS) is 19.2. The summed E-state index contributed by atoms with van der Waals surface area (Å²) in [5, 5.41) is 28.1. The van der Waals surface area contributed by atoms with Crippen LogP contribution >= 0.6 is 15.9 Å². The van der Waals surface area contributed by atoms with Crippen molar-refractivity contribution in [1.82, 2.24) is 15.0 Å². The van der Waals surface area contributed by atoms with E-state index in [-0.39, 0.29) is 70.0 Å². The summed E-state index contributed by atoms with van der Waals surface area (Å²) in [5.41, 5.74) is 6.89. The van der Waals surface area contributed by atoms with E-state index in [1.807, 2.05) is 6.07 Å². The van der Waals surface area contributed by atoms with Crippen molar-refractivity contribution in [2.45, 2.75) is 211 Å². The fraction of sp³-hybridized carbons (Fsp3) is 0.643. The molecule has 0 spiro atoms. The Kier molecular flexibility index (Phi) is 25.4. The standard InChI is InChI=1S/C14H20F2N2O.C14H14F2N2O.C12H11BrF2N2.C4H7O.3C4H9.Sn/c2*1-10(19)12-3-2-11(8-18-12)13(9-17)4-6-14(15,16)7-5-13;13-10-2-1-9(7-17-10)11(8-16)3-5-12(14,15)6-4-11;1-3-5-4-2;3*1-3-4-2;/h2-3,8,10,19H,4-7,9,17H2,1H3;2-3,8H,4-7H2,1H3;1-2,7H,3-6H2;1,4H2,2H3;3*1,3-4H2,2H3;. The van der Waals surface area contributed by atoms with E-state index in [1.54, 1.807) is 49.6 Å². The molecule has 0 aromatic carbocycles. The van der Waals surface area contributed by atoms with Crippen molar-refractivity contribution in [1.29, 1.82) is 10.5 Å². The number of aliphatic hydroxyl groups is 1.